The molecular formula is C3H8BN. The minimum atomic E-state index is 1.16. The molecule has 0 heterocycles. The SMILES string of the molecule is B/C(C)=C\N. The molecule has 0 amide bonds. The van der Waals surface area contributed by atoms with E-state index in [2.05, 4.69) is 0 Å². The van der Waals surface area contributed by atoms with E-state index in [-0.39, 0.29) is 0 Å². The van der Waals surface area contributed by atoms with E-state index < -0.39 is 0 Å². The lowest BCUT2D eigenvalue weighted by molar-refractivity contribution is 1.51. The third-order valence-electron chi connectivity index (χ3n) is 0.333. The van der Waals surface area contributed by atoms with Crippen molar-refractivity contribution in [1.82, 2.24) is 0 Å². The highest BCUT2D eigenvalue weighted by Gasteiger charge is 1.62. The first-order valence-electron chi connectivity index (χ1n) is 1.62. The normalized spacial score (nSPS) is 11.8. The molecule has 0 unspecified atom stereocenters. The van der Waals surface area contributed by atoms with Gasteiger partial charge in [0.05, 0.1) is 0 Å². The molecule has 0 aliphatic heterocycles. The second-order valence-corrected chi connectivity index (χ2v) is 1.24. The fourth-order valence-electron chi connectivity index (χ4n) is 0. The molecule has 1 nitrogen and oxygen atoms in total. The maximum absolute atomic E-state index is 5.01. The van der Waals surface area contributed by atoms with Crippen molar-refractivity contribution in [1.29, 1.82) is 0 Å². The van der Waals surface area contributed by atoms with Gasteiger partial charge in [-0.15, -0.1) is 0 Å². The Morgan fingerprint density at radius 2 is 2.20 bits per heavy atom. The molecule has 0 aromatic heterocycles. The average molecular weight is 68.9 g/mol. The average Bonchev–Trinajstić information content (AvgIpc) is 1.38. The molecule has 2 N–H and O–H groups in total. The Morgan fingerprint density at radius 1 is 2.00 bits per heavy atom. The first-order chi connectivity index (χ1) is 2.27. The molecule has 2 heteroatoms. The second kappa shape index (κ2) is 1.88. The summed E-state index contributed by atoms with van der Waals surface area (Å²) >= 11 is 0. The topological polar surface area (TPSA) is 26.0 Å². The second-order valence-electron chi connectivity index (χ2n) is 1.24. The van der Waals surface area contributed by atoms with Crippen LogP contribution in [0.25, 0.3) is 0 Å². The van der Waals surface area contributed by atoms with Crippen molar-refractivity contribution >= 4 is 7.85 Å². The lowest BCUT2D eigenvalue weighted by Crippen LogP contribution is -1.80. The Labute approximate surface area is 33.3 Å². The van der Waals surface area contributed by atoms with Crippen LogP contribution in [-0.2, 0) is 0 Å². The van der Waals surface area contributed by atoms with Gasteiger partial charge in [0.1, 0.15) is 7.85 Å². The zero-order chi connectivity index (χ0) is 4.28. The van der Waals surface area contributed by atoms with Gasteiger partial charge in [-0.1, -0.05) is 12.4 Å². The van der Waals surface area contributed by atoms with E-state index in [0.717, 1.165) is 5.47 Å². The Balaban J connectivity index is 3.14. The van der Waals surface area contributed by atoms with E-state index in [4.69, 9.17) is 5.73 Å². The van der Waals surface area contributed by atoms with Crippen LogP contribution in [-0.4, -0.2) is 7.85 Å². The molecule has 0 spiro atoms. The van der Waals surface area contributed by atoms with Crippen molar-refractivity contribution in [2.75, 3.05) is 0 Å². The summed E-state index contributed by atoms with van der Waals surface area (Å²) in [7, 11) is 1.96. The van der Waals surface area contributed by atoms with E-state index in [1.54, 1.807) is 6.20 Å². The van der Waals surface area contributed by atoms with Gasteiger partial charge in [-0.2, -0.15) is 0 Å². The van der Waals surface area contributed by atoms with Crippen molar-refractivity contribution in [3.63, 3.8) is 0 Å². The summed E-state index contributed by atoms with van der Waals surface area (Å²) in [4.78, 5) is 0. The molecule has 0 aliphatic carbocycles. The van der Waals surface area contributed by atoms with Crippen molar-refractivity contribution in [3.8, 4) is 0 Å². The highest BCUT2D eigenvalue weighted by atomic mass is 14.5. The maximum Gasteiger partial charge on any atom is 0.135 e. The number of allylic oxidation sites excluding steroid dienone is 1. The van der Waals surface area contributed by atoms with E-state index in [0.29, 0.717) is 0 Å². The van der Waals surface area contributed by atoms with Crippen molar-refractivity contribution < 1.29 is 0 Å². The summed E-state index contributed by atoms with van der Waals surface area (Å²) in [5.41, 5.74) is 6.17. The van der Waals surface area contributed by atoms with Gasteiger partial charge in [-0.05, 0) is 6.20 Å². The van der Waals surface area contributed by atoms with Gasteiger partial charge in [0.25, 0.3) is 0 Å². The zero-order valence-corrected chi connectivity index (χ0v) is 3.65. The Morgan fingerprint density at radius 3 is 2.20 bits per heavy atom. The molecular weight excluding hydrogens is 60.9 g/mol. The fraction of sp³-hybridized carbons (Fsp3) is 0.333. The first kappa shape index (κ1) is 4.60. The zero-order valence-electron chi connectivity index (χ0n) is 3.65. The van der Waals surface area contributed by atoms with Crippen LogP contribution in [0.2, 0.25) is 0 Å². The summed E-state index contributed by atoms with van der Waals surface area (Å²) in [5, 5.41) is 0. The molecule has 0 fully saturated rings. The van der Waals surface area contributed by atoms with Gasteiger partial charge in [0.2, 0.25) is 0 Å². The molecule has 28 valence electrons. The van der Waals surface area contributed by atoms with Crippen LogP contribution in [0, 0.1) is 0 Å². The molecule has 0 bridgehead atoms. The van der Waals surface area contributed by atoms with Crippen LogP contribution in [0.15, 0.2) is 11.7 Å². The van der Waals surface area contributed by atoms with E-state index in [9.17, 15) is 0 Å². The van der Waals surface area contributed by atoms with Gasteiger partial charge in [-0.3, -0.25) is 0 Å². The maximum atomic E-state index is 5.01. The van der Waals surface area contributed by atoms with Gasteiger partial charge in [-0.25, -0.2) is 0 Å². The van der Waals surface area contributed by atoms with Crippen molar-refractivity contribution in [2.24, 2.45) is 5.73 Å². The standard InChI is InChI=1S/C3H8BN/c1-3(4)2-5/h2H,4-5H2,1H3/b3-2-. The van der Waals surface area contributed by atoms with Crippen LogP contribution in [0.1, 0.15) is 6.92 Å². The summed E-state index contributed by atoms with van der Waals surface area (Å²) in [6, 6.07) is 0. The smallest absolute Gasteiger partial charge is 0.135 e. The monoisotopic (exact) mass is 69.1 g/mol. The lowest BCUT2D eigenvalue weighted by Gasteiger charge is -1.74. The van der Waals surface area contributed by atoms with Crippen LogP contribution in [0.3, 0.4) is 0 Å². The largest absolute Gasteiger partial charge is 0.405 e. The van der Waals surface area contributed by atoms with Gasteiger partial charge in [0, 0.05) is 0 Å². The molecule has 0 saturated carbocycles. The Kier molecular flexibility index (Phi) is 1.73. The molecule has 0 aliphatic rings. The number of nitrogens with two attached hydrogens (primary N) is 1. The first-order valence-corrected chi connectivity index (χ1v) is 1.62. The Bertz CT molecular complexity index is 44.9. The molecule has 0 radical (unpaired) electrons. The number of hydrogen-bond acceptors (Lipinski definition) is 1. The summed E-state index contributed by atoms with van der Waals surface area (Å²) < 4.78 is 0. The highest BCUT2D eigenvalue weighted by molar-refractivity contribution is 6.21. The highest BCUT2D eigenvalue weighted by Crippen LogP contribution is 1.70. The minimum absolute atomic E-state index is 1.16. The van der Waals surface area contributed by atoms with Gasteiger partial charge < -0.3 is 5.73 Å². The molecule has 5 heavy (non-hydrogen) atoms. The van der Waals surface area contributed by atoms with Crippen LogP contribution < -0.4 is 5.73 Å². The van der Waals surface area contributed by atoms with E-state index in [1.165, 1.54) is 0 Å². The molecule has 0 saturated heterocycles. The van der Waals surface area contributed by atoms with Crippen LogP contribution in [0.5, 0.6) is 0 Å². The number of hydrogen-bond donors (Lipinski definition) is 1. The quantitative estimate of drug-likeness (QED) is 0.379. The summed E-state index contributed by atoms with van der Waals surface area (Å²) in [6.45, 7) is 1.96. The van der Waals surface area contributed by atoms with Crippen LogP contribution >= 0.6 is 0 Å². The van der Waals surface area contributed by atoms with E-state index in [1.807, 2.05) is 14.8 Å². The van der Waals surface area contributed by atoms with Crippen LogP contribution in [0.4, 0.5) is 0 Å². The lowest BCUT2D eigenvalue weighted by atomic mass is 10.0. The third-order valence-corrected chi connectivity index (χ3v) is 0.333. The predicted octanol–water partition coefficient (Wildman–Crippen LogP) is -0.561. The summed E-state index contributed by atoms with van der Waals surface area (Å²) in [5.74, 6) is 0. The van der Waals surface area contributed by atoms with Gasteiger partial charge in [0.15, 0.2) is 0 Å². The molecule has 0 atom stereocenters. The molecule has 0 rings (SSSR count). The molecule has 0 aromatic carbocycles. The third kappa shape index (κ3) is 3.60. The van der Waals surface area contributed by atoms with Crippen molar-refractivity contribution in [2.45, 2.75) is 6.92 Å². The fourth-order valence-corrected chi connectivity index (χ4v) is 0. The minimum Gasteiger partial charge on any atom is -0.405 e. The summed E-state index contributed by atoms with van der Waals surface area (Å²) in [6.07, 6.45) is 1.58. The van der Waals surface area contributed by atoms with Crippen molar-refractivity contribution in [3.05, 3.63) is 11.7 Å². The van der Waals surface area contributed by atoms with Gasteiger partial charge >= 0.3 is 0 Å². The van der Waals surface area contributed by atoms with E-state index >= 15 is 0 Å². The number of rotatable bonds is 0. The Hall–Kier alpha value is -0.395. The predicted molar refractivity (Wildman–Crippen MR) is 26.5 cm³/mol. The molecule has 0 aromatic rings.